The van der Waals surface area contributed by atoms with E-state index in [1.807, 2.05) is 12.1 Å². The summed E-state index contributed by atoms with van der Waals surface area (Å²) in [6.45, 7) is 8.28. The third-order valence-electron chi connectivity index (χ3n) is 4.05. The van der Waals surface area contributed by atoms with E-state index >= 15 is 0 Å². The van der Waals surface area contributed by atoms with Gasteiger partial charge in [-0.1, -0.05) is 31.2 Å². The molecule has 2 N–H and O–H groups in total. The molecule has 0 saturated carbocycles. The van der Waals surface area contributed by atoms with Crippen molar-refractivity contribution in [3.63, 3.8) is 0 Å². The number of pyridine rings is 1. The summed E-state index contributed by atoms with van der Waals surface area (Å²) >= 11 is 6.35. The minimum Gasteiger partial charge on any atom is -0.458 e. The number of hydrogen-bond donors (Lipinski definition) is 1. The highest BCUT2D eigenvalue weighted by Gasteiger charge is 2.16. The number of nitrogens with zero attached hydrogens (tertiary/aromatic N) is 4. The lowest BCUT2D eigenvalue weighted by Crippen LogP contribution is -2.22. The quantitative estimate of drug-likeness (QED) is 0.450. The van der Waals surface area contributed by atoms with Crippen LogP contribution in [-0.4, -0.2) is 34.2 Å². The first-order chi connectivity index (χ1) is 12.8. The van der Waals surface area contributed by atoms with Gasteiger partial charge in [-0.15, -0.1) is 0 Å². The monoisotopic (exact) mass is 405 g/mol. The van der Waals surface area contributed by atoms with E-state index in [2.05, 4.69) is 34.6 Å². The Morgan fingerprint density at radius 1 is 1.19 bits per heavy atom. The van der Waals surface area contributed by atoms with Crippen LogP contribution in [0.15, 0.2) is 30.6 Å². The van der Waals surface area contributed by atoms with Crippen molar-refractivity contribution in [1.29, 1.82) is 0 Å². The molecule has 0 aliphatic carbocycles. The molecule has 0 fully saturated rings. The Balaban J connectivity index is 1.76. The van der Waals surface area contributed by atoms with Gasteiger partial charge in [0, 0.05) is 27.1 Å². The number of fused-ring (bicyclic) bond motifs is 1. The van der Waals surface area contributed by atoms with Crippen LogP contribution in [-0.2, 0) is 18.1 Å². The fourth-order valence-electron chi connectivity index (χ4n) is 2.44. The van der Waals surface area contributed by atoms with Gasteiger partial charge in [0.2, 0.25) is 0 Å². The first-order valence-electron chi connectivity index (χ1n) is 8.75. The summed E-state index contributed by atoms with van der Waals surface area (Å²) in [6, 6.07) is 6.78. The molecule has 144 valence electrons. The maximum Gasteiger partial charge on any atom is 0.320 e. The highest BCUT2D eigenvalue weighted by atomic mass is 35.5. The number of hydrogen-bond acceptors (Lipinski definition) is 6. The highest BCUT2D eigenvalue weighted by Crippen LogP contribution is 2.28. The van der Waals surface area contributed by atoms with E-state index in [0.717, 1.165) is 11.6 Å². The van der Waals surface area contributed by atoms with E-state index in [1.54, 1.807) is 23.0 Å². The lowest BCUT2D eigenvalue weighted by atomic mass is 10.3. The Labute approximate surface area is 164 Å². The van der Waals surface area contributed by atoms with Gasteiger partial charge in [0.1, 0.15) is 24.3 Å². The lowest BCUT2D eigenvalue weighted by Gasteiger charge is -2.16. The van der Waals surface area contributed by atoms with Crippen molar-refractivity contribution in [3.8, 4) is 6.01 Å². The SMILES string of the molecule is C[Si](C)(C)CCOCn1c(Cl)cc2c(N)nc(OCc3ccncc3)nc21. The molecular weight excluding hydrogens is 382 g/mol. The van der Waals surface area contributed by atoms with Crippen LogP contribution >= 0.6 is 11.6 Å². The molecule has 0 atom stereocenters. The van der Waals surface area contributed by atoms with Gasteiger partial charge in [0.05, 0.1) is 5.39 Å². The zero-order chi connectivity index (χ0) is 19.4. The molecule has 3 rings (SSSR count). The van der Waals surface area contributed by atoms with Gasteiger partial charge in [0.25, 0.3) is 0 Å². The Morgan fingerprint density at radius 3 is 2.63 bits per heavy atom. The molecule has 0 bridgehead atoms. The summed E-state index contributed by atoms with van der Waals surface area (Å²) in [7, 11) is -1.14. The summed E-state index contributed by atoms with van der Waals surface area (Å²) in [6.07, 6.45) is 3.42. The molecular formula is C18H24ClN5O2Si. The largest absolute Gasteiger partial charge is 0.458 e. The molecule has 27 heavy (non-hydrogen) atoms. The maximum absolute atomic E-state index is 6.35. The van der Waals surface area contributed by atoms with Gasteiger partial charge in [-0.3, -0.25) is 9.55 Å². The summed E-state index contributed by atoms with van der Waals surface area (Å²) in [5.41, 5.74) is 7.64. The van der Waals surface area contributed by atoms with Crippen molar-refractivity contribution >= 4 is 36.5 Å². The number of rotatable bonds is 8. The van der Waals surface area contributed by atoms with Gasteiger partial charge >= 0.3 is 6.01 Å². The van der Waals surface area contributed by atoms with Crippen molar-refractivity contribution < 1.29 is 9.47 Å². The van der Waals surface area contributed by atoms with Gasteiger partial charge < -0.3 is 15.2 Å². The van der Waals surface area contributed by atoms with Crippen LogP contribution < -0.4 is 10.5 Å². The molecule has 0 unspecified atom stereocenters. The Kier molecular flexibility index (Phi) is 5.98. The van der Waals surface area contributed by atoms with Crippen molar-refractivity contribution in [2.24, 2.45) is 0 Å². The van der Waals surface area contributed by atoms with Crippen LogP contribution in [0, 0.1) is 0 Å². The number of ether oxygens (including phenoxy) is 2. The Bertz CT molecular complexity index is 911. The summed E-state index contributed by atoms with van der Waals surface area (Å²) in [4.78, 5) is 12.7. The summed E-state index contributed by atoms with van der Waals surface area (Å²) in [5, 5.41) is 1.19. The van der Waals surface area contributed by atoms with Crippen LogP contribution in [0.1, 0.15) is 5.56 Å². The molecule has 0 aliphatic heterocycles. The minimum absolute atomic E-state index is 0.204. The molecule has 0 radical (unpaired) electrons. The topological polar surface area (TPSA) is 88.1 Å². The molecule has 3 aromatic rings. The molecule has 7 nitrogen and oxygen atoms in total. The van der Waals surface area contributed by atoms with Crippen molar-refractivity contribution in [3.05, 3.63) is 41.3 Å². The third-order valence-corrected chi connectivity index (χ3v) is 6.06. The molecule has 0 amide bonds. The van der Waals surface area contributed by atoms with E-state index in [-0.39, 0.29) is 6.01 Å². The molecule has 0 aromatic carbocycles. The van der Waals surface area contributed by atoms with Crippen LogP contribution in [0.2, 0.25) is 30.8 Å². The predicted molar refractivity (Wildman–Crippen MR) is 110 cm³/mol. The second-order valence-electron chi connectivity index (χ2n) is 7.52. The van der Waals surface area contributed by atoms with E-state index in [0.29, 0.717) is 41.9 Å². The van der Waals surface area contributed by atoms with E-state index < -0.39 is 8.07 Å². The smallest absolute Gasteiger partial charge is 0.320 e. The first-order valence-corrected chi connectivity index (χ1v) is 12.8. The highest BCUT2D eigenvalue weighted by molar-refractivity contribution is 6.76. The second-order valence-corrected chi connectivity index (χ2v) is 13.5. The second kappa shape index (κ2) is 8.24. The average molecular weight is 406 g/mol. The third kappa shape index (κ3) is 5.18. The molecule has 0 saturated heterocycles. The standard InChI is InChI=1S/C18H24ClN5O2Si/c1-27(2,3)9-8-25-12-24-15(19)10-14-16(20)22-18(23-17(14)24)26-11-13-4-6-21-7-5-13/h4-7,10H,8-9,11-12H2,1-3H3,(H2,20,22,23). The van der Waals surface area contributed by atoms with Crippen LogP contribution in [0.25, 0.3) is 11.0 Å². The van der Waals surface area contributed by atoms with Crippen LogP contribution in [0.4, 0.5) is 5.82 Å². The van der Waals surface area contributed by atoms with Gasteiger partial charge in [0.15, 0.2) is 5.65 Å². The number of aromatic nitrogens is 4. The van der Waals surface area contributed by atoms with Crippen LogP contribution in [0.5, 0.6) is 6.01 Å². The summed E-state index contributed by atoms with van der Waals surface area (Å²) < 4.78 is 13.3. The molecule has 0 aliphatic rings. The Morgan fingerprint density at radius 2 is 1.93 bits per heavy atom. The molecule has 3 aromatic heterocycles. The first kappa shape index (κ1) is 19.6. The van der Waals surface area contributed by atoms with Crippen molar-refractivity contribution in [2.45, 2.75) is 39.0 Å². The Hall–Kier alpha value is -2.16. The van der Waals surface area contributed by atoms with Gasteiger partial charge in [-0.05, 0) is 29.8 Å². The minimum atomic E-state index is -1.14. The molecule has 3 heterocycles. The fraction of sp³-hybridized carbons (Fsp3) is 0.389. The lowest BCUT2D eigenvalue weighted by molar-refractivity contribution is 0.0900. The summed E-state index contributed by atoms with van der Waals surface area (Å²) in [5.74, 6) is 0.326. The normalized spacial score (nSPS) is 11.9. The van der Waals surface area contributed by atoms with E-state index in [1.165, 1.54) is 0 Å². The number of nitrogens with two attached hydrogens (primary N) is 1. The zero-order valence-electron chi connectivity index (χ0n) is 15.8. The molecule has 9 heteroatoms. The van der Waals surface area contributed by atoms with Crippen molar-refractivity contribution in [1.82, 2.24) is 19.5 Å². The van der Waals surface area contributed by atoms with E-state index in [4.69, 9.17) is 26.8 Å². The number of anilines is 1. The number of halogens is 1. The number of nitrogen functional groups attached to an aromatic ring is 1. The van der Waals surface area contributed by atoms with Crippen LogP contribution in [0.3, 0.4) is 0 Å². The van der Waals surface area contributed by atoms with Gasteiger partial charge in [-0.25, -0.2) is 0 Å². The fourth-order valence-corrected chi connectivity index (χ4v) is 3.44. The molecule has 0 spiro atoms. The van der Waals surface area contributed by atoms with E-state index in [9.17, 15) is 0 Å². The average Bonchev–Trinajstić information content (AvgIpc) is 2.93. The van der Waals surface area contributed by atoms with Gasteiger partial charge in [-0.2, -0.15) is 9.97 Å². The zero-order valence-corrected chi connectivity index (χ0v) is 17.5. The van der Waals surface area contributed by atoms with Crippen molar-refractivity contribution in [2.75, 3.05) is 12.3 Å². The maximum atomic E-state index is 6.35. The predicted octanol–water partition coefficient (Wildman–Crippen LogP) is 3.95.